The normalized spacial score (nSPS) is 19.3. The fourth-order valence-electron chi connectivity index (χ4n) is 4.26. The summed E-state index contributed by atoms with van der Waals surface area (Å²) < 4.78 is 5.57. The fourth-order valence-corrected chi connectivity index (χ4v) is 4.26. The largest absolute Gasteiger partial charge is 0.459 e. The van der Waals surface area contributed by atoms with Crippen molar-refractivity contribution in [3.8, 4) is 0 Å². The second kappa shape index (κ2) is 9.81. The average Bonchev–Trinajstić information content (AvgIpc) is 3.01. The SMILES string of the molecule is C=CCN1CCN(c2ccc3c(c2)CCCC(C(=O)OCc2ccccc2)N3)CC1. The van der Waals surface area contributed by atoms with Crippen molar-refractivity contribution in [3.63, 3.8) is 0 Å². The number of nitrogens with one attached hydrogen (secondary N) is 1. The first-order valence-electron chi connectivity index (χ1n) is 10.9. The lowest BCUT2D eigenvalue weighted by Crippen LogP contribution is -2.46. The molecule has 5 heteroatoms. The number of carbonyl (C=O) groups excluding carboxylic acids is 1. The van der Waals surface area contributed by atoms with Crippen LogP contribution in [0.2, 0.25) is 0 Å². The number of rotatable bonds is 6. The van der Waals surface area contributed by atoms with E-state index in [0.29, 0.717) is 6.61 Å². The maximum atomic E-state index is 12.6. The van der Waals surface area contributed by atoms with Crippen LogP contribution in [0.25, 0.3) is 0 Å². The Bertz CT molecular complexity index is 860. The van der Waals surface area contributed by atoms with Crippen LogP contribution >= 0.6 is 0 Å². The minimum atomic E-state index is -0.289. The van der Waals surface area contributed by atoms with E-state index in [2.05, 4.69) is 39.9 Å². The summed E-state index contributed by atoms with van der Waals surface area (Å²) in [6.45, 7) is 9.33. The van der Waals surface area contributed by atoms with Gasteiger partial charge >= 0.3 is 5.97 Å². The number of anilines is 2. The second-order valence-electron chi connectivity index (χ2n) is 8.10. The monoisotopic (exact) mass is 405 g/mol. The predicted octanol–water partition coefficient (Wildman–Crippen LogP) is 3.85. The van der Waals surface area contributed by atoms with Gasteiger partial charge in [0, 0.05) is 44.1 Å². The maximum absolute atomic E-state index is 12.6. The summed E-state index contributed by atoms with van der Waals surface area (Å²) >= 11 is 0. The van der Waals surface area contributed by atoms with Crippen molar-refractivity contribution >= 4 is 17.3 Å². The Hall–Kier alpha value is -2.79. The number of piperazine rings is 1. The summed E-state index contributed by atoms with van der Waals surface area (Å²) in [6, 6.07) is 16.1. The Kier molecular flexibility index (Phi) is 6.70. The van der Waals surface area contributed by atoms with E-state index >= 15 is 0 Å². The molecule has 158 valence electrons. The molecule has 2 aliphatic heterocycles. The molecule has 0 bridgehead atoms. The number of ether oxygens (including phenoxy) is 1. The number of hydrogen-bond donors (Lipinski definition) is 1. The fraction of sp³-hybridized carbons (Fsp3) is 0.400. The molecule has 0 aliphatic carbocycles. The van der Waals surface area contributed by atoms with E-state index in [1.54, 1.807) is 0 Å². The minimum Gasteiger partial charge on any atom is -0.459 e. The van der Waals surface area contributed by atoms with Crippen LogP contribution in [0.4, 0.5) is 11.4 Å². The van der Waals surface area contributed by atoms with Crippen LogP contribution in [0, 0.1) is 0 Å². The topological polar surface area (TPSA) is 44.8 Å². The molecule has 1 atom stereocenters. The summed E-state index contributed by atoms with van der Waals surface area (Å²) in [4.78, 5) is 17.5. The molecule has 30 heavy (non-hydrogen) atoms. The number of hydrogen-bond acceptors (Lipinski definition) is 5. The van der Waals surface area contributed by atoms with E-state index in [0.717, 1.165) is 63.2 Å². The van der Waals surface area contributed by atoms with Gasteiger partial charge in [-0.05, 0) is 48.6 Å². The lowest BCUT2D eigenvalue weighted by atomic mass is 10.1. The van der Waals surface area contributed by atoms with Gasteiger partial charge in [-0.25, -0.2) is 4.79 Å². The number of aryl methyl sites for hydroxylation is 1. The summed E-state index contributed by atoms with van der Waals surface area (Å²) in [7, 11) is 0. The first-order valence-corrected chi connectivity index (χ1v) is 10.9. The smallest absolute Gasteiger partial charge is 0.328 e. The number of carbonyl (C=O) groups is 1. The van der Waals surface area contributed by atoms with Gasteiger partial charge in [-0.15, -0.1) is 6.58 Å². The van der Waals surface area contributed by atoms with Crippen molar-refractivity contribution in [2.75, 3.05) is 42.9 Å². The molecule has 2 aliphatic rings. The average molecular weight is 406 g/mol. The van der Waals surface area contributed by atoms with Gasteiger partial charge in [-0.3, -0.25) is 4.90 Å². The molecule has 0 amide bonds. The first kappa shape index (κ1) is 20.5. The van der Waals surface area contributed by atoms with Gasteiger partial charge in [0.2, 0.25) is 0 Å². The van der Waals surface area contributed by atoms with Crippen LogP contribution in [0.1, 0.15) is 24.0 Å². The lowest BCUT2D eigenvalue weighted by Gasteiger charge is -2.36. The summed E-state index contributed by atoms with van der Waals surface area (Å²) in [6.07, 6.45) is 4.72. The van der Waals surface area contributed by atoms with Gasteiger partial charge < -0.3 is 15.0 Å². The predicted molar refractivity (Wildman–Crippen MR) is 122 cm³/mol. The molecule has 4 rings (SSSR count). The molecule has 0 spiro atoms. The van der Waals surface area contributed by atoms with Crippen LogP contribution in [-0.4, -0.2) is 49.6 Å². The van der Waals surface area contributed by atoms with Crippen LogP contribution in [0.3, 0.4) is 0 Å². The van der Waals surface area contributed by atoms with Crippen LogP contribution in [0.5, 0.6) is 0 Å². The molecule has 0 saturated carbocycles. The third-order valence-electron chi connectivity index (χ3n) is 5.99. The van der Waals surface area contributed by atoms with Gasteiger partial charge in [0.15, 0.2) is 0 Å². The molecule has 2 aromatic rings. The lowest BCUT2D eigenvalue weighted by molar-refractivity contribution is -0.146. The Labute approximate surface area is 179 Å². The molecule has 1 unspecified atom stereocenters. The zero-order chi connectivity index (χ0) is 20.8. The van der Waals surface area contributed by atoms with Crippen molar-refractivity contribution in [3.05, 3.63) is 72.3 Å². The number of benzene rings is 2. The first-order chi connectivity index (χ1) is 14.7. The van der Waals surface area contributed by atoms with Crippen molar-refractivity contribution in [1.82, 2.24) is 4.90 Å². The molecule has 2 aromatic carbocycles. The molecule has 0 radical (unpaired) electrons. The highest BCUT2D eigenvalue weighted by Crippen LogP contribution is 2.29. The van der Waals surface area contributed by atoms with Crippen LogP contribution in [-0.2, 0) is 22.6 Å². The van der Waals surface area contributed by atoms with Crippen molar-refractivity contribution in [2.24, 2.45) is 0 Å². The number of nitrogens with zero attached hydrogens (tertiary/aromatic N) is 2. The van der Waals surface area contributed by atoms with Crippen molar-refractivity contribution in [2.45, 2.75) is 31.9 Å². The van der Waals surface area contributed by atoms with Crippen molar-refractivity contribution in [1.29, 1.82) is 0 Å². The Morgan fingerprint density at radius 1 is 1.13 bits per heavy atom. The highest BCUT2D eigenvalue weighted by atomic mass is 16.5. The molecule has 1 N–H and O–H groups in total. The zero-order valence-corrected chi connectivity index (χ0v) is 17.6. The number of fused-ring (bicyclic) bond motifs is 1. The Morgan fingerprint density at radius 3 is 2.70 bits per heavy atom. The molecule has 1 saturated heterocycles. The van der Waals surface area contributed by atoms with Gasteiger partial charge in [-0.1, -0.05) is 36.4 Å². The van der Waals surface area contributed by atoms with E-state index < -0.39 is 0 Å². The standard InChI is InChI=1S/C25H31N3O2/c1-2-13-27-14-16-28(17-15-27)22-11-12-23-21(18-22)9-6-10-24(26-23)25(29)30-19-20-7-4-3-5-8-20/h2-5,7-8,11-12,18,24,26H,1,6,9-10,13-17,19H2. The van der Waals surface area contributed by atoms with E-state index in [9.17, 15) is 4.79 Å². The summed E-state index contributed by atoms with van der Waals surface area (Å²) in [5.41, 5.74) is 4.64. The van der Waals surface area contributed by atoms with Gasteiger partial charge in [-0.2, -0.15) is 0 Å². The summed E-state index contributed by atoms with van der Waals surface area (Å²) in [5.74, 6) is -0.172. The van der Waals surface area contributed by atoms with Gasteiger partial charge in [0.25, 0.3) is 0 Å². The molecule has 0 aromatic heterocycles. The highest BCUT2D eigenvalue weighted by Gasteiger charge is 2.24. The highest BCUT2D eigenvalue weighted by molar-refractivity contribution is 5.80. The molecule has 5 nitrogen and oxygen atoms in total. The van der Waals surface area contributed by atoms with Crippen LogP contribution in [0.15, 0.2) is 61.2 Å². The molecule has 1 fully saturated rings. The molecular weight excluding hydrogens is 374 g/mol. The molecule has 2 heterocycles. The Balaban J connectivity index is 1.37. The minimum absolute atomic E-state index is 0.172. The van der Waals surface area contributed by atoms with E-state index in [1.165, 1.54) is 11.3 Å². The van der Waals surface area contributed by atoms with E-state index in [1.807, 2.05) is 36.4 Å². The third kappa shape index (κ3) is 5.03. The van der Waals surface area contributed by atoms with E-state index in [-0.39, 0.29) is 12.0 Å². The van der Waals surface area contributed by atoms with E-state index in [4.69, 9.17) is 4.74 Å². The zero-order valence-electron chi connectivity index (χ0n) is 17.6. The van der Waals surface area contributed by atoms with Crippen molar-refractivity contribution < 1.29 is 9.53 Å². The Morgan fingerprint density at radius 2 is 1.93 bits per heavy atom. The maximum Gasteiger partial charge on any atom is 0.328 e. The van der Waals surface area contributed by atoms with Crippen LogP contribution < -0.4 is 10.2 Å². The quantitative estimate of drug-likeness (QED) is 0.584. The third-order valence-corrected chi connectivity index (χ3v) is 5.99. The summed E-state index contributed by atoms with van der Waals surface area (Å²) in [5, 5.41) is 3.44. The molecular formula is C25H31N3O2. The second-order valence-corrected chi connectivity index (χ2v) is 8.10. The number of esters is 1. The van der Waals surface area contributed by atoms with Gasteiger partial charge in [0.1, 0.15) is 12.6 Å². The van der Waals surface area contributed by atoms with Gasteiger partial charge in [0.05, 0.1) is 0 Å².